The van der Waals surface area contributed by atoms with Gasteiger partial charge in [-0.1, -0.05) is 140 Å². The minimum atomic E-state index is -0.348. The summed E-state index contributed by atoms with van der Waals surface area (Å²) in [5, 5.41) is 5.89. The van der Waals surface area contributed by atoms with Crippen LogP contribution in [0.5, 0.6) is 0 Å². The Morgan fingerprint density at radius 3 is 1.03 bits per heavy atom. The van der Waals surface area contributed by atoms with Crippen molar-refractivity contribution in [2.24, 2.45) is 0 Å². The molecule has 0 N–H and O–H groups in total. The van der Waals surface area contributed by atoms with Gasteiger partial charge >= 0.3 is 21.1 Å². The Morgan fingerprint density at radius 1 is 0.474 bits per heavy atom. The van der Waals surface area contributed by atoms with Crippen LogP contribution in [0.1, 0.15) is 5.56 Å². The summed E-state index contributed by atoms with van der Waals surface area (Å²) >= 11 is 4.94. The Morgan fingerprint density at radius 2 is 0.763 bits per heavy atom. The van der Waals surface area contributed by atoms with E-state index in [0.717, 1.165) is 10.5 Å². The van der Waals surface area contributed by atoms with Crippen molar-refractivity contribution < 1.29 is 21.1 Å². The van der Waals surface area contributed by atoms with Gasteiger partial charge in [-0.15, -0.1) is 6.07 Å². The molecule has 38 heavy (non-hydrogen) atoms. The zero-order valence-corrected chi connectivity index (χ0v) is 25.9. The molecule has 5 aromatic carbocycles. The maximum atomic E-state index is 5.26. The molecule has 5 rings (SSSR count). The minimum absolute atomic E-state index is 0. The van der Waals surface area contributed by atoms with Gasteiger partial charge in [0.1, 0.15) is 0 Å². The van der Waals surface area contributed by atoms with Crippen LogP contribution in [0.3, 0.4) is 0 Å². The summed E-state index contributed by atoms with van der Waals surface area (Å²) in [5.41, 5.74) is 0.924. The van der Waals surface area contributed by atoms with E-state index in [-0.39, 0.29) is 36.9 Å². The fraction of sp³-hybridized carbons (Fsp3) is 0.0588. The van der Waals surface area contributed by atoms with Crippen molar-refractivity contribution in [3.63, 3.8) is 0 Å². The van der Waals surface area contributed by atoms with Crippen molar-refractivity contribution in [1.29, 1.82) is 0 Å². The molecule has 0 heterocycles. The first-order valence-electron chi connectivity index (χ1n) is 12.3. The van der Waals surface area contributed by atoms with Gasteiger partial charge in [0.15, 0.2) is 0 Å². The summed E-state index contributed by atoms with van der Waals surface area (Å²) < 4.78 is 0. The van der Waals surface area contributed by atoms with Crippen LogP contribution in [0, 0.1) is 6.58 Å². The van der Waals surface area contributed by atoms with Gasteiger partial charge in [-0.05, 0) is 49.4 Å². The van der Waals surface area contributed by atoms with E-state index in [1.54, 1.807) is 0 Å². The van der Waals surface area contributed by atoms with Crippen LogP contribution in [0.25, 0.3) is 6.08 Å². The van der Waals surface area contributed by atoms with E-state index in [4.69, 9.17) is 19.2 Å². The SMILES string of the molecule is [CH-]=Cc1ccccc1[S-].[Pt+2].c1ccc(P(CCP(c2ccccc2)c2ccccc2)c2ccccc2)cc1. The van der Waals surface area contributed by atoms with Crippen LogP contribution < -0.4 is 21.2 Å². The standard InChI is InChI=1S/C26H24P2.C8H7S.Pt/c1-5-13-23(14-6-1)27(24-15-7-2-8-16-24)21-22-28(25-17-9-3-10-18-25)26-19-11-4-12-20-26;1-2-7-5-3-4-6-8(7)9;/h1-20H,21-22H2;1-6,9H;/q;-1;+2/p-1. The van der Waals surface area contributed by atoms with E-state index in [2.05, 4.69) is 121 Å². The summed E-state index contributed by atoms with van der Waals surface area (Å²) in [6, 6.07) is 51.8. The van der Waals surface area contributed by atoms with Crippen molar-refractivity contribution in [2.45, 2.75) is 4.90 Å². The molecule has 0 aromatic heterocycles. The van der Waals surface area contributed by atoms with Gasteiger partial charge in [0.05, 0.1) is 0 Å². The quantitative estimate of drug-likeness (QED) is 0.0920. The van der Waals surface area contributed by atoms with Crippen molar-refractivity contribution in [3.8, 4) is 0 Å². The second kappa shape index (κ2) is 16.5. The zero-order chi connectivity index (χ0) is 25.7. The molecule has 192 valence electrons. The van der Waals surface area contributed by atoms with E-state index in [1.165, 1.54) is 39.6 Å². The summed E-state index contributed by atoms with van der Waals surface area (Å²) in [4.78, 5) is 0.806. The predicted molar refractivity (Wildman–Crippen MR) is 169 cm³/mol. The maximum absolute atomic E-state index is 5.26. The molecule has 0 spiro atoms. The Kier molecular flexibility index (Phi) is 13.1. The van der Waals surface area contributed by atoms with Gasteiger partial charge in [0.2, 0.25) is 0 Å². The van der Waals surface area contributed by atoms with Crippen molar-refractivity contribution >= 4 is 55.8 Å². The van der Waals surface area contributed by atoms with E-state index in [1.807, 2.05) is 24.3 Å². The third kappa shape index (κ3) is 8.83. The van der Waals surface area contributed by atoms with Crippen LogP contribution in [0.15, 0.2) is 150 Å². The second-order valence-electron chi connectivity index (χ2n) is 8.35. The molecule has 0 saturated heterocycles. The molecule has 0 unspecified atom stereocenters. The molecule has 0 aliphatic heterocycles. The van der Waals surface area contributed by atoms with Crippen LogP contribution >= 0.6 is 15.8 Å². The molecule has 0 amide bonds. The third-order valence-corrected chi connectivity index (χ3v) is 11.7. The monoisotopic (exact) mass is 727 g/mol. The molecule has 0 atom stereocenters. The van der Waals surface area contributed by atoms with E-state index < -0.39 is 0 Å². The fourth-order valence-electron chi connectivity index (χ4n) is 4.06. The Labute approximate surface area is 250 Å². The third-order valence-electron chi connectivity index (χ3n) is 5.92. The molecule has 0 saturated carbocycles. The van der Waals surface area contributed by atoms with E-state index >= 15 is 0 Å². The van der Waals surface area contributed by atoms with Crippen molar-refractivity contribution in [3.05, 3.63) is 158 Å². The van der Waals surface area contributed by atoms with E-state index in [9.17, 15) is 0 Å². The number of hydrogen-bond acceptors (Lipinski definition) is 1. The average Bonchev–Trinajstić information content (AvgIpc) is 2.98. The number of benzene rings is 5. The van der Waals surface area contributed by atoms with Gasteiger partial charge < -0.3 is 12.6 Å². The van der Waals surface area contributed by atoms with Crippen LogP contribution in [0.2, 0.25) is 0 Å². The van der Waals surface area contributed by atoms with Crippen LogP contribution in [-0.4, -0.2) is 12.3 Å². The molecule has 0 fully saturated rings. The Balaban J connectivity index is 0.000000341. The first-order valence-corrected chi connectivity index (χ1v) is 15.8. The Bertz CT molecular complexity index is 1180. The molecule has 0 aliphatic rings. The summed E-state index contributed by atoms with van der Waals surface area (Å²) in [7, 11) is -0.696. The molecule has 0 radical (unpaired) electrons. The van der Waals surface area contributed by atoms with Crippen molar-refractivity contribution in [1.82, 2.24) is 0 Å². The molecular formula is C34H30P2PtS. The minimum Gasteiger partial charge on any atom is -0.798 e. The topological polar surface area (TPSA) is 0 Å². The first kappa shape index (κ1) is 30.2. The first-order chi connectivity index (χ1) is 18.3. The molecule has 5 aromatic rings. The summed E-state index contributed by atoms with van der Waals surface area (Å²) in [5.74, 6) is 0. The van der Waals surface area contributed by atoms with Gasteiger partial charge in [-0.3, -0.25) is 11.5 Å². The summed E-state index contributed by atoms with van der Waals surface area (Å²) in [6.07, 6.45) is 3.93. The number of rotatable bonds is 8. The van der Waals surface area contributed by atoms with E-state index in [0.29, 0.717) is 0 Å². The Hall–Kier alpha value is -2.39. The second-order valence-corrected chi connectivity index (χ2v) is 13.5. The molecule has 0 nitrogen and oxygen atoms in total. The normalized spacial score (nSPS) is 10.3. The molecular weight excluding hydrogens is 697 g/mol. The van der Waals surface area contributed by atoms with Gasteiger partial charge in [0, 0.05) is 0 Å². The smallest absolute Gasteiger partial charge is 0.798 e. The zero-order valence-electron chi connectivity index (χ0n) is 21.0. The molecule has 0 aliphatic carbocycles. The number of hydrogen-bond donors (Lipinski definition) is 0. The maximum Gasteiger partial charge on any atom is 2.00 e. The van der Waals surface area contributed by atoms with Gasteiger partial charge in [-0.25, -0.2) is 6.08 Å². The van der Waals surface area contributed by atoms with Gasteiger partial charge in [0.25, 0.3) is 0 Å². The van der Waals surface area contributed by atoms with Crippen LogP contribution in [-0.2, 0) is 33.7 Å². The molecule has 4 heteroatoms. The van der Waals surface area contributed by atoms with Gasteiger partial charge in [-0.2, -0.15) is 5.56 Å². The van der Waals surface area contributed by atoms with Crippen LogP contribution in [0.4, 0.5) is 0 Å². The summed E-state index contributed by atoms with van der Waals surface area (Å²) in [6.45, 7) is 5.26. The average molecular weight is 728 g/mol. The largest absolute Gasteiger partial charge is 2.00 e. The fourth-order valence-corrected chi connectivity index (χ4v) is 9.64. The van der Waals surface area contributed by atoms with Crippen molar-refractivity contribution in [2.75, 3.05) is 12.3 Å². The predicted octanol–water partition coefficient (Wildman–Crippen LogP) is 7.29. The molecule has 0 bridgehead atoms.